The van der Waals surface area contributed by atoms with Crippen LogP contribution >= 0.6 is 11.6 Å². The first-order chi connectivity index (χ1) is 8.47. The van der Waals surface area contributed by atoms with E-state index in [-0.39, 0.29) is 12.0 Å². The van der Waals surface area contributed by atoms with E-state index in [4.69, 9.17) is 16.3 Å². The number of ether oxygens (including phenoxy) is 1. The van der Waals surface area contributed by atoms with Gasteiger partial charge < -0.3 is 9.30 Å². The van der Waals surface area contributed by atoms with Crippen LogP contribution in [-0.4, -0.2) is 17.6 Å². The molecule has 0 bridgehead atoms. The molecule has 0 amide bonds. The first kappa shape index (κ1) is 13.0. The number of rotatable bonds is 2. The van der Waals surface area contributed by atoms with Crippen LogP contribution in [0, 0.1) is 6.92 Å². The number of halogens is 1. The van der Waals surface area contributed by atoms with Gasteiger partial charge in [0.05, 0.1) is 18.2 Å². The zero-order chi connectivity index (χ0) is 13.4. The predicted molar refractivity (Wildman–Crippen MR) is 73.4 cm³/mol. The van der Waals surface area contributed by atoms with Gasteiger partial charge in [0.2, 0.25) is 0 Å². The van der Waals surface area contributed by atoms with E-state index in [2.05, 4.69) is 18.4 Å². The molecule has 0 spiro atoms. The largest absolute Gasteiger partial charge is 0.465 e. The molecule has 4 heteroatoms. The van der Waals surface area contributed by atoms with Crippen molar-refractivity contribution in [3.8, 4) is 0 Å². The molecule has 0 aliphatic carbocycles. The molecule has 3 nitrogen and oxygen atoms in total. The zero-order valence-corrected chi connectivity index (χ0v) is 11.7. The molecule has 0 saturated heterocycles. The van der Waals surface area contributed by atoms with Crippen LogP contribution in [0.5, 0.6) is 0 Å². The smallest absolute Gasteiger partial charge is 0.340 e. The standard InChI is InChI=1S/C14H16ClNO2/c1-8(2)16-9(3)13(14(17)18-4)11-6-5-10(15)7-12(11)16/h5-8H,1-4H3. The quantitative estimate of drug-likeness (QED) is 0.770. The lowest BCUT2D eigenvalue weighted by atomic mass is 10.1. The first-order valence-corrected chi connectivity index (χ1v) is 6.23. The second-order valence-electron chi connectivity index (χ2n) is 4.58. The third-order valence-electron chi connectivity index (χ3n) is 3.12. The van der Waals surface area contributed by atoms with E-state index in [1.54, 1.807) is 6.07 Å². The van der Waals surface area contributed by atoms with Crippen LogP contribution in [0.1, 0.15) is 35.9 Å². The number of carbonyl (C=O) groups excluding carboxylic acids is 1. The van der Waals surface area contributed by atoms with Crippen molar-refractivity contribution in [2.75, 3.05) is 7.11 Å². The fourth-order valence-corrected chi connectivity index (χ4v) is 2.60. The summed E-state index contributed by atoms with van der Waals surface area (Å²) in [4.78, 5) is 11.9. The van der Waals surface area contributed by atoms with Gasteiger partial charge in [-0.1, -0.05) is 17.7 Å². The molecule has 0 N–H and O–H groups in total. The maximum absolute atomic E-state index is 11.9. The van der Waals surface area contributed by atoms with Crippen LogP contribution in [0.3, 0.4) is 0 Å². The summed E-state index contributed by atoms with van der Waals surface area (Å²) in [6, 6.07) is 5.80. The Labute approximate surface area is 111 Å². The van der Waals surface area contributed by atoms with Gasteiger partial charge in [-0.05, 0) is 32.9 Å². The van der Waals surface area contributed by atoms with Crippen LogP contribution in [-0.2, 0) is 4.74 Å². The van der Waals surface area contributed by atoms with E-state index in [1.165, 1.54) is 7.11 Å². The Bertz CT molecular complexity index is 614. The van der Waals surface area contributed by atoms with E-state index in [9.17, 15) is 4.79 Å². The number of nitrogens with zero attached hydrogens (tertiary/aromatic N) is 1. The molecule has 0 radical (unpaired) electrons. The SMILES string of the molecule is COC(=O)c1c(C)n(C(C)C)c2cc(Cl)ccc12. The predicted octanol–water partition coefficient (Wildman–Crippen LogP) is 3.97. The highest BCUT2D eigenvalue weighted by molar-refractivity contribution is 6.31. The average molecular weight is 266 g/mol. The van der Waals surface area contributed by atoms with Crippen molar-refractivity contribution in [1.29, 1.82) is 0 Å². The number of aromatic nitrogens is 1. The van der Waals surface area contributed by atoms with Crippen molar-refractivity contribution in [2.45, 2.75) is 26.8 Å². The van der Waals surface area contributed by atoms with Gasteiger partial charge in [0.1, 0.15) is 0 Å². The molecule has 1 aromatic carbocycles. The van der Waals surface area contributed by atoms with Crippen molar-refractivity contribution in [3.05, 3.63) is 34.5 Å². The Hall–Kier alpha value is -1.48. The normalized spacial score (nSPS) is 11.2. The van der Waals surface area contributed by atoms with Crippen LogP contribution in [0.25, 0.3) is 10.9 Å². The monoisotopic (exact) mass is 265 g/mol. The van der Waals surface area contributed by atoms with Crippen molar-refractivity contribution in [3.63, 3.8) is 0 Å². The topological polar surface area (TPSA) is 31.2 Å². The number of hydrogen-bond donors (Lipinski definition) is 0. The lowest BCUT2D eigenvalue weighted by Gasteiger charge is -2.12. The van der Waals surface area contributed by atoms with Crippen LogP contribution in [0.4, 0.5) is 0 Å². The van der Waals surface area contributed by atoms with Crippen LogP contribution in [0.15, 0.2) is 18.2 Å². The molecule has 96 valence electrons. The number of hydrogen-bond acceptors (Lipinski definition) is 2. The molecular weight excluding hydrogens is 250 g/mol. The molecule has 0 aliphatic heterocycles. The summed E-state index contributed by atoms with van der Waals surface area (Å²) in [7, 11) is 1.40. The summed E-state index contributed by atoms with van der Waals surface area (Å²) in [6.07, 6.45) is 0. The van der Waals surface area contributed by atoms with E-state index >= 15 is 0 Å². The Morgan fingerprint density at radius 2 is 2.06 bits per heavy atom. The van der Waals surface area contributed by atoms with Crippen molar-refractivity contribution < 1.29 is 9.53 Å². The number of fused-ring (bicyclic) bond motifs is 1. The molecule has 2 aromatic rings. The maximum Gasteiger partial charge on any atom is 0.340 e. The third kappa shape index (κ3) is 1.89. The average Bonchev–Trinajstić information content (AvgIpc) is 2.59. The van der Waals surface area contributed by atoms with E-state index < -0.39 is 0 Å². The van der Waals surface area contributed by atoms with Gasteiger partial charge in [-0.2, -0.15) is 0 Å². The Morgan fingerprint density at radius 1 is 1.39 bits per heavy atom. The summed E-state index contributed by atoms with van der Waals surface area (Å²) in [5.74, 6) is -0.306. The minimum absolute atomic E-state index is 0.254. The van der Waals surface area contributed by atoms with Gasteiger partial charge in [-0.25, -0.2) is 4.79 Å². The molecule has 0 saturated carbocycles. The van der Waals surface area contributed by atoms with Crippen molar-refractivity contribution in [1.82, 2.24) is 4.57 Å². The number of benzene rings is 1. The number of carbonyl (C=O) groups is 1. The van der Waals surface area contributed by atoms with E-state index in [1.807, 2.05) is 19.1 Å². The number of esters is 1. The highest BCUT2D eigenvalue weighted by Crippen LogP contribution is 2.31. The number of methoxy groups -OCH3 is 1. The van der Waals surface area contributed by atoms with Gasteiger partial charge >= 0.3 is 5.97 Å². The highest BCUT2D eigenvalue weighted by atomic mass is 35.5. The lowest BCUT2D eigenvalue weighted by Crippen LogP contribution is -2.06. The summed E-state index contributed by atoms with van der Waals surface area (Å²) >= 11 is 6.04. The third-order valence-corrected chi connectivity index (χ3v) is 3.35. The van der Waals surface area contributed by atoms with Crippen LogP contribution < -0.4 is 0 Å². The Balaban J connectivity index is 2.87. The van der Waals surface area contributed by atoms with Crippen molar-refractivity contribution in [2.24, 2.45) is 0 Å². The summed E-state index contributed by atoms with van der Waals surface area (Å²) in [5, 5.41) is 1.55. The fraction of sp³-hybridized carbons (Fsp3) is 0.357. The van der Waals surface area contributed by atoms with Gasteiger partial charge in [-0.15, -0.1) is 0 Å². The minimum Gasteiger partial charge on any atom is -0.465 e. The highest BCUT2D eigenvalue weighted by Gasteiger charge is 2.21. The van der Waals surface area contributed by atoms with Gasteiger partial charge in [-0.3, -0.25) is 0 Å². The summed E-state index contributed by atoms with van der Waals surface area (Å²) in [6.45, 7) is 6.09. The minimum atomic E-state index is -0.306. The lowest BCUT2D eigenvalue weighted by molar-refractivity contribution is 0.0602. The molecule has 18 heavy (non-hydrogen) atoms. The Morgan fingerprint density at radius 3 is 2.61 bits per heavy atom. The second kappa shape index (κ2) is 4.65. The fourth-order valence-electron chi connectivity index (χ4n) is 2.44. The molecule has 0 atom stereocenters. The van der Waals surface area contributed by atoms with Gasteiger partial charge in [0, 0.05) is 22.1 Å². The van der Waals surface area contributed by atoms with Gasteiger partial charge in [0.25, 0.3) is 0 Å². The zero-order valence-electron chi connectivity index (χ0n) is 11.0. The summed E-state index contributed by atoms with van der Waals surface area (Å²) < 4.78 is 6.97. The molecule has 2 rings (SSSR count). The molecule has 0 aliphatic rings. The maximum atomic E-state index is 11.9. The van der Waals surface area contributed by atoms with Gasteiger partial charge in [0.15, 0.2) is 0 Å². The molecule has 1 aromatic heterocycles. The van der Waals surface area contributed by atoms with Crippen LogP contribution in [0.2, 0.25) is 5.02 Å². The van der Waals surface area contributed by atoms with E-state index in [0.29, 0.717) is 10.6 Å². The Kier molecular flexibility index (Phi) is 3.35. The molecule has 0 fully saturated rings. The second-order valence-corrected chi connectivity index (χ2v) is 5.01. The molecule has 0 unspecified atom stereocenters. The summed E-state index contributed by atoms with van der Waals surface area (Å²) in [5.41, 5.74) is 2.50. The molecule has 1 heterocycles. The first-order valence-electron chi connectivity index (χ1n) is 5.85. The van der Waals surface area contributed by atoms with E-state index in [0.717, 1.165) is 16.6 Å². The molecular formula is C14H16ClNO2. The van der Waals surface area contributed by atoms with Crippen molar-refractivity contribution >= 4 is 28.5 Å².